The number of carboxylic acids is 1. The molecule has 0 fully saturated rings. The largest absolute Gasteiger partial charge is 0.477 e. The van der Waals surface area contributed by atoms with Crippen molar-refractivity contribution in [3.05, 3.63) is 47.7 Å². The van der Waals surface area contributed by atoms with Crippen molar-refractivity contribution in [1.82, 2.24) is 9.78 Å². The molecule has 0 spiro atoms. The van der Waals surface area contributed by atoms with Crippen molar-refractivity contribution in [3.8, 4) is 5.88 Å². The van der Waals surface area contributed by atoms with Crippen molar-refractivity contribution < 1.29 is 14.6 Å². The summed E-state index contributed by atoms with van der Waals surface area (Å²) >= 11 is 0. The lowest BCUT2D eigenvalue weighted by Gasteiger charge is -2.01. The number of benzene rings is 1. The van der Waals surface area contributed by atoms with Crippen LogP contribution in [0.3, 0.4) is 0 Å². The molecular weight excluding hydrogens is 220 g/mol. The molecule has 1 heterocycles. The van der Waals surface area contributed by atoms with E-state index in [1.807, 2.05) is 30.3 Å². The minimum absolute atomic E-state index is 0.105. The van der Waals surface area contributed by atoms with Gasteiger partial charge in [-0.05, 0) is 5.56 Å². The van der Waals surface area contributed by atoms with Crippen molar-refractivity contribution in [1.29, 1.82) is 0 Å². The summed E-state index contributed by atoms with van der Waals surface area (Å²) in [7, 11) is 1.57. The van der Waals surface area contributed by atoms with Gasteiger partial charge in [0.25, 0.3) is 0 Å². The van der Waals surface area contributed by atoms with Crippen LogP contribution in [0.1, 0.15) is 16.1 Å². The highest BCUT2D eigenvalue weighted by Crippen LogP contribution is 2.12. The maximum absolute atomic E-state index is 10.8. The molecule has 0 aliphatic heterocycles. The Hall–Kier alpha value is -2.30. The summed E-state index contributed by atoms with van der Waals surface area (Å²) in [6.45, 7) is 0.372. The van der Waals surface area contributed by atoms with Gasteiger partial charge < -0.3 is 9.84 Å². The van der Waals surface area contributed by atoms with E-state index in [0.29, 0.717) is 12.5 Å². The van der Waals surface area contributed by atoms with Crippen molar-refractivity contribution in [2.24, 2.45) is 7.05 Å². The molecule has 2 rings (SSSR count). The van der Waals surface area contributed by atoms with Crippen LogP contribution in [0.4, 0.5) is 0 Å². The summed E-state index contributed by atoms with van der Waals surface area (Å²) in [4.78, 5) is 10.8. The smallest absolute Gasteiger partial charge is 0.354 e. The number of aromatic carboxylic acids is 1. The van der Waals surface area contributed by atoms with Gasteiger partial charge in [0.1, 0.15) is 12.3 Å². The quantitative estimate of drug-likeness (QED) is 0.871. The van der Waals surface area contributed by atoms with Gasteiger partial charge in [-0.3, -0.25) is 4.68 Å². The normalized spacial score (nSPS) is 10.2. The number of hydrogen-bond donors (Lipinski definition) is 1. The van der Waals surface area contributed by atoms with Crippen LogP contribution in [0.5, 0.6) is 5.88 Å². The van der Waals surface area contributed by atoms with Gasteiger partial charge in [0, 0.05) is 13.1 Å². The molecule has 2 aromatic rings. The second-order valence-electron chi connectivity index (χ2n) is 3.57. The summed E-state index contributed by atoms with van der Waals surface area (Å²) < 4.78 is 6.69. The fourth-order valence-corrected chi connectivity index (χ4v) is 1.44. The molecule has 0 radical (unpaired) electrons. The lowest BCUT2D eigenvalue weighted by molar-refractivity contribution is 0.0685. The van der Waals surface area contributed by atoms with Gasteiger partial charge in [-0.2, -0.15) is 0 Å². The molecule has 0 bridgehead atoms. The molecular formula is C12H12N2O3. The molecule has 1 N–H and O–H groups in total. The molecule has 17 heavy (non-hydrogen) atoms. The van der Waals surface area contributed by atoms with Crippen LogP contribution in [0.2, 0.25) is 0 Å². The van der Waals surface area contributed by atoms with Gasteiger partial charge in [-0.25, -0.2) is 4.79 Å². The number of rotatable bonds is 4. The van der Waals surface area contributed by atoms with E-state index in [-0.39, 0.29) is 5.69 Å². The Balaban J connectivity index is 2.05. The molecule has 5 heteroatoms. The molecule has 5 nitrogen and oxygen atoms in total. The van der Waals surface area contributed by atoms with E-state index >= 15 is 0 Å². The number of aromatic nitrogens is 2. The molecule has 0 aliphatic carbocycles. The zero-order chi connectivity index (χ0) is 12.3. The topological polar surface area (TPSA) is 64.4 Å². The van der Waals surface area contributed by atoms with Crippen LogP contribution in [-0.4, -0.2) is 20.9 Å². The molecule has 0 aliphatic rings. The van der Waals surface area contributed by atoms with Gasteiger partial charge in [-0.15, -0.1) is 5.10 Å². The molecule has 0 amide bonds. The number of carboxylic acid groups (broad SMARTS) is 1. The van der Waals surface area contributed by atoms with Crippen LogP contribution >= 0.6 is 0 Å². The van der Waals surface area contributed by atoms with E-state index in [9.17, 15) is 4.79 Å². The molecule has 0 unspecified atom stereocenters. The Morgan fingerprint density at radius 3 is 2.71 bits per heavy atom. The van der Waals surface area contributed by atoms with Crippen LogP contribution in [0.25, 0.3) is 0 Å². The summed E-state index contributed by atoms with van der Waals surface area (Å²) in [6, 6.07) is 11.0. The number of carbonyl (C=O) groups is 1. The zero-order valence-electron chi connectivity index (χ0n) is 9.33. The third kappa shape index (κ3) is 2.63. The fraction of sp³-hybridized carbons (Fsp3) is 0.167. The van der Waals surface area contributed by atoms with Crippen molar-refractivity contribution in [2.75, 3.05) is 0 Å². The SMILES string of the molecule is Cn1nc(OCc2ccccc2)cc1C(=O)O. The van der Waals surface area contributed by atoms with Gasteiger partial charge in [0.05, 0.1) is 0 Å². The molecule has 1 aromatic carbocycles. The second-order valence-corrected chi connectivity index (χ2v) is 3.57. The lowest BCUT2D eigenvalue weighted by atomic mass is 10.2. The second kappa shape index (κ2) is 4.69. The van der Waals surface area contributed by atoms with E-state index in [0.717, 1.165) is 5.56 Å². The lowest BCUT2D eigenvalue weighted by Crippen LogP contribution is -2.04. The van der Waals surface area contributed by atoms with Gasteiger partial charge >= 0.3 is 5.97 Å². The fourth-order valence-electron chi connectivity index (χ4n) is 1.44. The minimum Gasteiger partial charge on any atom is -0.477 e. The first kappa shape index (κ1) is 11.2. The number of hydrogen-bond acceptors (Lipinski definition) is 3. The Morgan fingerprint density at radius 2 is 2.12 bits per heavy atom. The van der Waals surface area contributed by atoms with Crippen molar-refractivity contribution >= 4 is 5.97 Å². The number of ether oxygens (including phenoxy) is 1. The highest BCUT2D eigenvalue weighted by atomic mass is 16.5. The first-order chi connectivity index (χ1) is 8.16. The molecule has 0 saturated heterocycles. The molecule has 0 atom stereocenters. The predicted molar refractivity (Wildman–Crippen MR) is 60.9 cm³/mol. The average Bonchev–Trinajstić information content (AvgIpc) is 2.69. The Kier molecular flexibility index (Phi) is 3.09. The van der Waals surface area contributed by atoms with E-state index in [1.54, 1.807) is 7.05 Å². The highest BCUT2D eigenvalue weighted by Gasteiger charge is 2.12. The third-order valence-corrected chi connectivity index (χ3v) is 2.31. The monoisotopic (exact) mass is 232 g/mol. The maximum Gasteiger partial charge on any atom is 0.354 e. The van der Waals surface area contributed by atoms with Gasteiger partial charge in [0.2, 0.25) is 5.88 Å². The van der Waals surface area contributed by atoms with E-state index in [4.69, 9.17) is 9.84 Å². The van der Waals surface area contributed by atoms with Gasteiger partial charge in [-0.1, -0.05) is 30.3 Å². The van der Waals surface area contributed by atoms with E-state index in [1.165, 1.54) is 10.7 Å². The maximum atomic E-state index is 10.8. The molecule has 0 saturated carbocycles. The Labute approximate surface area is 98.3 Å². The summed E-state index contributed by atoms with van der Waals surface area (Å²) in [5, 5.41) is 12.8. The molecule has 1 aromatic heterocycles. The highest BCUT2D eigenvalue weighted by molar-refractivity contribution is 5.85. The van der Waals surface area contributed by atoms with Crippen LogP contribution < -0.4 is 4.74 Å². The summed E-state index contributed by atoms with van der Waals surface area (Å²) in [6.07, 6.45) is 0. The number of aryl methyl sites for hydroxylation is 1. The number of nitrogens with zero attached hydrogens (tertiary/aromatic N) is 2. The zero-order valence-corrected chi connectivity index (χ0v) is 9.33. The summed E-state index contributed by atoms with van der Waals surface area (Å²) in [5.41, 5.74) is 1.11. The Bertz CT molecular complexity index is 520. The third-order valence-electron chi connectivity index (χ3n) is 2.31. The first-order valence-electron chi connectivity index (χ1n) is 5.11. The minimum atomic E-state index is -1.02. The standard InChI is InChI=1S/C12H12N2O3/c1-14-10(12(15)16)7-11(13-14)17-8-9-5-3-2-4-6-9/h2-7H,8H2,1H3,(H,15,16). The predicted octanol–water partition coefficient (Wildman–Crippen LogP) is 1.70. The van der Waals surface area contributed by atoms with Crippen LogP contribution in [0, 0.1) is 0 Å². The van der Waals surface area contributed by atoms with Crippen molar-refractivity contribution in [2.45, 2.75) is 6.61 Å². The van der Waals surface area contributed by atoms with Crippen molar-refractivity contribution in [3.63, 3.8) is 0 Å². The first-order valence-corrected chi connectivity index (χ1v) is 5.11. The van der Waals surface area contributed by atoms with Gasteiger partial charge in [0.15, 0.2) is 0 Å². The van der Waals surface area contributed by atoms with Crippen LogP contribution in [-0.2, 0) is 13.7 Å². The van der Waals surface area contributed by atoms with E-state index < -0.39 is 5.97 Å². The van der Waals surface area contributed by atoms with Crippen LogP contribution in [0.15, 0.2) is 36.4 Å². The molecule has 88 valence electrons. The summed E-state index contributed by atoms with van der Waals surface area (Å²) in [5.74, 6) is -0.705. The average molecular weight is 232 g/mol. The Morgan fingerprint density at radius 1 is 1.41 bits per heavy atom. The van der Waals surface area contributed by atoms with E-state index in [2.05, 4.69) is 5.10 Å².